The first-order chi connectivity index (χ1) is 10.3. The predicted molar refractivity (Wildman–Crippen MR) is 89.2 cm³/mol. The number of rotatable bonds is 2. The zero-order valence-corrected chi connectivity index (χ0v) is 15.4. The average molecular weight is 389 g/mol. The van der Waals surface area contributed by atoms with Crippen LogP contribution in [-0.2, 0) is 15.5 Å². The minimum atomic E-state index is -1.23. The molecule has 0 aromatic carbocycles. The Morgan fingerprint density at radius 3 is 2.82 bits per heavy atom. The van der Waals surface area contributed by atoms with Crippen molar-refractivity contribution in [1.29, 1.82) is 0 Å². The van der Waals surface area contributed by atoms with Gasteiger partial charge in [-0.3, -0.25) is 4.21 Å². The molecule has 1 fully saturated rings. The third kappa shape index (κ3) is 4.78. The Morgan fingerprint density at radius 1 is 1.45 bits per heavy atom. The summed E-state index contributed by atoms with van der Waals surface area (Å²) in [5, 5.41) is 0.438. The molecular weight excluding hydrogens is 368 g/mol. The van der Waals surface area contributed by atoms with E-state index in [2.05, 4.69) is 20.9 Å². The van der Waals surface area contributed by atoms with Gasteiger partial charge in [0.15, 0.2) is 0 Å². The zero-order valence-electron chi connectivity index (χ0n) is 13.0. The Bertz CT molecular complexity index is 574. The van der Waals surface area contributed by atoms with Crippen LogP contribution in [0.4, 0.5) is 4.79 Å². The molecule has 0 spiro atoms. The van der Waals surface area contributed by atoms with Gasteiger partial charge in [0.05, 0.1) is 16.0 Å². The summed E-state index contributed by atoms with van der Waals surface area (Å²) in [5.41, 5.74) is -0.519. The number of aromatic nitrogens is 1. The summed E-state index contributed by atoms with van der Waals surface area (Å²) in [6.07, 6.45) is 1.31. The van der Waals surface area contributed by atoms with Crippen molar-refractivity contribution < 1.29 is 13.7 Å². The van der Waals surface area contributed by atoms with Crippen molar-refractivity contribution in [2.75, 3.05) is 13.1 Å². The van der Waals surface area contributed by atoms with E-state index in [1.165, 1.54) is 0 Å². The van der Waals surface area contributed by atoms with Crippen LogP contribution in [0, 0.1) is 0 Å². The minimum Gasteiger partial charge on any atom is -0.444 e. The molecule has 2 heterocycles. The maximum atomic E-state index is 12.7. The molecule has 0 bridgehead atoms. The van der Waals surface area contributed by atoms with E-state index >= 15 is 0 Å². The minimum absolute atomic E-state index is 0.108. The molecule has 7 heteroatoms. The van der Waals surface area contributed by atoms with E-state index in [-0.39, 0.29) is 11.3 Å². The Hall–Kier alpha value is -0.950. The maximum absolute atomic E-state index is 12.7. The predicted octanol–water partition coefficient (Wildman–Crippen LogP) is 3.35. The molecule has 0 radical (unpaired) electrons. The Balaban J connectivity index is 2.04. The number of amides is 1. The second-order valence-corrected chi connectivity index (χ2v) is 8.78. The van der Waals surface area contributed by atoms with Crippen molar-refractivity contribution >= 4 is 32.8 Å². The second-order valence-electron chi connectivity index (χ2n) is 6.29. The first kappa shape index (κ1) is 17.4. The number of likely N-dealkylation sites (tertiary alicyclic amines) is 1. The summed E-state index contributed by atoms with van der Waals surface area (Å²) < 4.78 is 18.7. The van der Waals surface area contributed by atoms with Crippen molar-refractivity contribution in [3.05, 3.63) is 22.8 Å². The molecule has 0 saturated carbocycles. The van der Waals surface area contributed by atoms with Gasteiger partial charge < -0.3 is 9.64 Å². The van der Waals surface area contributed by atoms with Crippen molar-refractivity contribution in [3.63, 3.8) is 0 Å². The number of halogens is 1. The van der Waals surface area contributed by atoms with Crippen molar-refractivity contribution in [1.82, 2.24) is 9.88 Å². The van der Waals surface area contributed by atoms with Crippen LogP contribution >= 0.6 is 15.9 Å². The van der Waals surface area contributed by atoms with Crippen LogP contribution in [0.3, 0.4) is 0 Å². The smallest absolute Gasteiger partial charge is 0.410 e. The van der Waals surface area contributed by atoms with Gasteiger partial charge in [0.2, 0.25) is 0 Å². The standard InChI is InChI=1S/C15H21BrN2O3S/c1-15(2,3)21-14(19)18-9-5-6-11(10-18)22(20)13-8-4-7-12(16)17-13/h4,7-8,11H,5-6,9-10H2,1-3H3/t11-,22+/m1/s1. The average Bonchev–Trinajstić information content (AvgIpc) is 2.45. The third-order valence-corrected chi connectivity index (χ3v) is 5.30. The summed E-state index contributed by atoms with van der Waals surface area (Å²) in [6.45, 7) is 6.62. The van der Waals surface area contributed by atoms with Crippen molar-refractivity contribution in [2.45, 2.75) is 49.5 Å². The summed E-state index contributed by atoms with van der Waals surface area (Å²) in [6, 6.07) is 5.38. The fourth-order valence-electron chi connectivity index (χ4n) is 2.28. The maximum Gasteiger partial charge on any atom is 0.410 e. The Morgan fingerprint density at radius 2 is 2.18 bits per heavy atom. The number of hydrogen-bond acceptors (Lipinski definition) is 4. The normalized spacial score (nSPS) is 20.5. The number of carbonyl (C=O) groups is 1. The van der Waals surface area contributed by atoms with Gasteiger partial charge in [-0.2, -0.15) is 0 Å². The van der Waals surface area contributed by atoms with E-state index in [0.29, 0.717) is 22.7 Å². The van der Waals surface area contributed by atoms with E-state index < -0.39 is 16.4 Å². The monoisotopic (exact) mass is 388 g/mol. The lowest BCUT2D eigenvalue weighted by atomic mass is 10.1. The van der Waals surface area contributed by atoms with Gasteiger partial charge >= 0.3 is 6.09 Å². The highest BCUT2D eigenvalue weighted by Crippen LogP contribution is 2.22. The third-order valence-electron chi connectivity index (χ3n) is 3.23. The molecule has 0 aliphatic carbocycles. The van der Waals surface area contributed by atoms with E-state index in [9.17, 15) is 9.00 Å². The number of nitrogens with zero attached hydrogens (tertiary/aromatic N) is 2. The van der Waals surface area contributed by atoms with Crippen LogP contribution in [0.5, 0.6) is 0 Å². The number of ether oxygens (including phenoxy) is 1. The molecule has 2 atom stereocenters. The van der Waals surface area contributed by atoms with Gasteiger partial charge in [-0.25, -0.2) is 9.78 Å². The first-order valence-electron chi connectivity index (χ1n) is 7.27. The molecule has 5 nitrogen and oxygen atoms in total. The molecule has 1 saturated heterocycles. The summed E-state index contributed by atoms with van der Waals surface area (Å²) in [5.74, 6) is 0. The molecule has 1 aliphatic rings. The highest BCUT2D eigenvalue weighted by Gasteiger charge is 2.31. The fraction of sp³-hybridized carbons (Fsp3) is 0.600. The van der Waals surface area contributed by atoms with E-state index in [1.54, 1.807) is 17.0 Å². The molecule has 1 aromatic heterocycles. The SMILES string of the molecule is CC(C)(C)OC(=O)N1CCC[C@@H]([S@](=O)c2cccc(Br)n2)C1. The molecule has 0 unspecified atom stereocenters. The Labute approximate surface area is 142 Å². The van der Waals surface area contributed by atoms with E-state index in [0.717, 1.165) is 12.8 Å². The first-order valence-corrected chi connectivity index (χ1v) is 9.28. The van der Waals surface area contributed by atoms with E-state index in [4.69, 9.17) is 4.74 Å². The zero-order chi connectivity index (χ0) is 16.3. The highest BCUT2D eigenvalue weighted by molar-refractivity contribution is 9.10. The lowest BCUT2D eigenvalue weighted by Gasteiger charge is -2.33. The van der Waals surface area contributed by atoms with E-state index in [1.807, 2.05) is 26.8 Å². The van der Waals surface area contributed by atoms with Gasteiger partial charge in [-0.15, -0.1) is 0 Å². The lowest BCUT2D eigenvalue weighted by molar-refractivity contribution is 0.0219. The van der Waals surface area contributed by atoms with Gasteiger partial charge in [-0.1, -0.05) is 6.07 Å². The summed E-state index contributed by atoms with van der Waals surface area (Å²) in [7, 11) is -1.23. The fourth-order valence-corrected chi connectivity index (χ4v) is 4.18. The van der Waals surface area contributed by atoms with Crippen LogP contribution in [0.25, 0.3) is 0 Å². The van der Waals surface area contributed by atoms with Crippen LogP contribution in [-0.4, -0.2) is 44.1 Å². The molecule has 122 valence electrons. The number of hydrogen-bond donors (Lipinski definition) is 0. The van der Waals surface area contributed by atoms with Crippen LogP contribution in [0.15, 0.2) is 27.8 Å². The van der Waals surface area contributed by atoms with Gasteiger partial charge in [-0.05, 0) is 61.7 Å². The molecule has 22 heavy (non-hydrogen) atoms. The topological polar surface area (TPSA) is 59.5 Å². The van der Waals surface area contributed by atoms with Crippen molar-refractivity contribution in [2.24, 2.45) is 0 Å². The largest absolute Gasteiger partial charge is 0.444 e. The van der Waals surface area contributed by atoms with Crippen molar-refractivity contribution in [3.8, 4) is 0 Å². The molecule has 1 aliphatic heterocycles. The highest BCUT2D eigenvalue weighted by atomic mass is 79.9. The van der Waals surface area contributed by atoms with Crippen LogP contribution in [0.2, 0.25) is 0 Å². The Kier molecular flexibility index (Phi) is 5.60. The van der Waals surface area contributed by atoms with Crippen LogP contribution < -0.4 is 0 Å². The van der Waals surface area contributed by atoms with Crippen LogP contribution in [0.1, 0.15) is 33.6 Å². The summed E-state index contributed by atoms with van der Waals surface area (Å²) in [4.78, 5) is 18.1. The molecule has 2 rings (SSSR count). The van der Waals surface area contributed by atoms with Gasteiger partial charge in [0, 0.05) is 13.1 Å². The lowest BCUT2D eigenvalue weighted by Crippen LogP contribution is -2.45. The number of piperidine rings is 1. The molecule has 0 N–H and O–H groups in total. The molecule has 1 amide bonds. The molecule has 1 aromatic rings. The number of carbonyl (C=O) groups excluding carboxylic acids is 1. The van der Waals surface area contributed by atoms with Gasteiger partial charge in [0.25, 0.3) is 0 Å². The van der Waals surface area contributed by atoms with Gasteiger partial charge in [0.1, 0.15) is 15.2 Å². The number of pyridine rings is 1. The molecular formula is C15H21BrN2O3S. The summed E-state index contributed by atoms with van der Waals surface area (Å²) >= 11 is 3.29. The second kappa shape index (κ2) is 7.08. The quantitative estimate of drug-likeness (QED) is 0.728.